The van der Waals surface area contributed by atoms with Gasteiger partial charge in [-0.15, -0.1) is 0 Å². The predicted molar refractivity (Wildman–Crippen MR) is 95.7 cm³/mol. The summed E-state index contributed by atoms with van der Waals surface area (Å²) in [6, 6.07) is 10.2. The molecule has 4 heteroatoms. The van der Waals surface area contributed by atoms with Gasteiger partial charge in [0, 0.05) is 24.0 Å². The third-order valence-corrected chi connectivity index (χ3v) is 5.61. The molecular formula is C20H23N3O. The quantitative estimate of drug-likeness (QED) is 0.911. The van der Waals surface area contributed by atoms with Gasteiger partial charge in [0.15, 0.2) is 0 Å². The second kappa shape index (κ2) is 6.02. The van der Waals surface area contributed by atoms with E-state index in [0.717, 1.165) is 54.7 Å². The maximum Gasteiger partial charge on any atom is 0.228 e. The largest absolute Gasteiger partial charge is 0.326 e. The van der Waals surface area contributed by atoms with Crippen molar-refractivity contribution in [1.82, 2.24) is 10.3 Å². The van der Waals surface area contributed by atoms with E-state index in [-0.39, 0.29) is 17.2 Å². The second-order valence-electron chi connectivity index (χ2n) is 7.12. The number of carbonyl (C=O) groups excluding carboxylic acids is 1. The number of rotatable bonds is 3. The molecule has 2 aromatic rings. The van der Waals surface area contributed by atoms with Crippen molar-refractivity contribution in [3.05, 3.63) is 48.3 Å². The van der Waals surface area contributed by atoms with Crippen LogP contribution in [0.2, 0.25) is 0 Å². The molecule has 2 aliphatic rings. The molecule has 1 saturated carbocycles. The van der Waals surface area contributed by atoms with Gasteiger partial charge < -0.3 is 10.6 Å². The Labute approximate surface area is 142 Å². The van der Waals surface area contributed by atoms with Crippen LogP contribution in [0.3, 0.4) is 0 Å². The summed E-state index contributed by atoms with van der Waals surface area (Å²) in [4.78, 5) is 16.8. The number of amides is 1. The number of anilines is 1. The molecule has 0 bridgehead atoms. The average Bonchev–Trinajstić information content (AvgIpc) is 3.31. The summed E-state index contributed by atoms with van der Waals surface area (Å²) >= 11 is 0. The maximum atomic E-state index is 12.7. The van der Waals surface area contributed by atoms with Gasteiger partial charge >= 0.3 is 0 Å². The lowest BCUT2D eigenvalue weighted by atomic mass is 9.91. The zero-order valence-corrected chi connectivity index (χ0v) is 14.0. The fraction of sp³-hybridized carbons (Fsp3) is 0.400. The Morgan fingerprint density at radius 1 is 1.17 bits per heavy atom. The third kappa shape index (κ3) is 2.82. The number of hydrogen-bond acceptors (Lipinski definition) is 3. The molecule has 1 spiro atoms. The Hall–Kier alpha value is -2.20. The lowest BCUT2D eigenvalue weighted by Crippen LogP contribution is -2.31. The van der Waals surface area contributed by atoms with Crippen LogP contribution in [-0.2, 0) is 4.79 Å². The van der Waals surface area contributed by atoms with Crippen LogP contribution in [0.15, 0.2) is 42.7 Å². The Kier molecular flexibility index (Phi) is 3.85. The molecule has 2 N–H and O–H groups in total. The third-order valence-electron chi connectivity index (χ3n) is 5.61. The normalized spacial score (nSPS) is 21.5. The predicted octanol–water partition coefficient (Wildman–Crippen LogP) is 3.39. The molecule has 1 aliphatic carbocycles. The number of benzene rings is 1. The zero-order valence-electron chi connectivity index (χ0n) is 14.0. The van der Waals surface area contributed by atoms with Gasteiger partial charge in [-0.2, -0.15) is 0 Å². The number of carbonyl (C=O) groups is 1. The molecule has 124 valence electrons. The van der Waals surface area contributed by atoms with Crippen molar-refractivity contribution >= 4 is 11.6 Å². The number of nitrogens with one attached hydrogen (secondary N) is 2. The van der Waals surface area contributed by atoms with Crippen LogP contribution in [0.25, 0.3) is 11.1 Å². The molecule has 2 fully saturated rings. The van der Waals surface area contributed by atoms with Crippen molar-refractivity contribution in [3.8, 4) is 11.1 Å². The van der Waals surface area contributed by atoms with Crippen LogP contribution in [0, 0.1) is 18.3 Å². The van der Waals surface area contributed by atoms with Crippen LogP contribution in [-0.4, -0.2) is 24.0 Å². The van der Waals surface area contributed by atoms with Gasteiger partial charge in [0.25, 0.3) is 0 Å². The summed E-state index contributed by atoms with van der Waals surface area (Å²) in [5.74, 6) is 0.371. The van der Waals surface area contributed by atoms with Gasteiger partial charge in [0.05, 0.1) is 0 Å². The average molecular weight is 321 g/mol. The summed E-state index contributed by atoms with van der Waals surface area (Å²) in [6.45, 7) is 4.12. The minimum absolute atomic E-state index is 0.184. The minimum Gasteiger partial charge on any atom is -0.326 e. The summed E-state index contributed by atoms with van der Waals surface area (Å²) in [5, 5.41) is 6.57. The second-order valence-corrected chi connectivity index (χ2v) is 7.12. The van der Waals surface area contributed by atoms with Crippen molar-refractivity contribution in [1.29, 1.82) is 0 Å². The van der Waals surface area contributed by atoms with E-state index in [9.17, 15) is 4.79 Å². The van der Waals surface area contributed by atoms with Gasteiger partial charge in [-0.1, -0.05) is 12.1 Å². The Balaban J connectivity index is 1.51. The Morgan fingerprint density at radius 3 is 2.67 bits per heavy atom. The van der Waals surface area contributed by atoms with Crippen molar-refractivity contribution in [2.75, 3.05) is 18.4 Å². The lowest BCUT2D eigenvalue weighted by molar-refractivity contribution is -0.118. The van der Waals surface area contributed by atoms with E-state index in [1.807, 2.05) is 19.1 Å². The Bertz CT molecular complexity index is 751. The first-order valence-electron chi connectivity index (χ1n) is 8.71. The number of nitrogens with zero attached hydrogens (tertiary/aromatic N) is 1. The molecule has 1 aliphatic heterocycles. The van der Waals surface area contributed by atoms with Crippen LogP contribution in [0.1, 0.15) is 24.8 Å². The molecule has 1 saturated heterocycles. The van der Waals surface area contributed by atoms with E-state index < -0.39 is 0 Å². The van der Waals surface area contributed by atoms with Crippen molar-refractivity contribution in [2.24, 2.45) is 11.3 Å². The number of hydrogen-bond donors (Lipinski definition) is 2. The number of aryl methyl sites for hydroxylation is 1. The molecule has 24 heavy (non-hydrogen) atoms. The van der Waals surface area contributed by atoms with Gasteiger partial charge in [-0.25, -0.2) is 0 Å². The van der Waals surface area contributed by atoms with E-state index >= 15 is 0 Å². The molecule has 2 heterocycles. The molecule has 4 nitrogen and oxygen atoms in total. The molecule has 1 aromatic carbocycles. The summed E-state index contributed by atoms with van der Waals surface area (Å²) < 4.78 is 0. The first-order valence-corrected chi connectivity index (χ1v) is 8.71. The monoisotopic (exact) mass is 321 g/mol. The topological polar surface area (TPSA) is 54.0 Å². The van der Waals surface area contributed by atoms with Crippen LogP contribution < -0.4 is 10.6 Å². The number of pyridine rings is 1. The zero-order chi connectivity index (χ0) is 16.6. The standard InChI is InChI=1S/C20H23N3O/c1-14-2-3-16(15-4-8-21-9-5-15)12-18(14)23-19(24)17-13-20(17)6-10-22-11-7-20/h2-5,8-9,12,17,22H,6-7,10-11,13H2,1H3,(H,23,24). The molecular weight excluding hydrogens is 298 g/mol. The highest BCUT2D eigenvalue weighted by molar-refractivity contribution is 5.96. The van der Waals surface area contributed by atoms with E-state index in [0.29, 0.717) is 0 Å². The fourth-order valence-electron chi connectivity index (χ4n) is 3.90. The van der Waals surface area contributed by atoms with Crippen molar-refractivity contribution < 1.29 is 4.79 Å². The lowest BCUT2D eigenvalue weighted by Gasteiger charge is -2.23. The molecule has 0 radical (unpaired) electrons. The number of piperidine rings is 1. The highest BCUT2D eigenvalue weighted by Gasteiger charge is 2.57. The highest BCUT2D eigenvalue weighted by Crippen LogP contribution is 2.58. The van der Waals surface area contributed by atoms with Crippen LogP contribution in [0.5, 0.6) is 0 Å². The van der Waals surface area contributed by atoms with E-state index in [1.165, 1.54) is 0 Å². The molecule has 4 rings (SSSR count). The van der Waals surface area contributed by atoms with E-state index in [2.05, 4.69) is 33.8 Å². The van der Waals surface area contributed by atoms with E-state index in [1.54, 1.807) is 12.4 Å². The fourth-order valence-corrected chi connectivity index (χ4v) is 3.90. The van der Waals surface area contributed by atoms with Crippen molar-refractivity contribution in [3.63, 3.8) is 0 Å². The minimum atomic E-state index is 0.184. The maximum absolute atomic E-state index is 12.7. The van der Waals surface area contributed by atoms with Gasteiger partial charge in [0.2, 0.25) is 5.91 Å². The number of aromatic nitrogens is 1. The van der Waals surface area contributed by atoms with Gasteiger partial charge in [-0.3, -0.25) is 9.78 Å². The summed E-state index contributed by atoms with van der Waals surface area (Å²) in [5.41, 5.74) is 4.50. The first-order chi connectivity index (χ1) is 11.7. The molecule has 1 atom stereocenters. The smallest absolute Gasteiger partial charge is 0.228 e. The summed E-state index contributed by atoms with van der Waals surface area (Å²) in [6.07, 6.45) is 6.88. The van der Waals surface area contributed by atoms with Gasteiger partial charge in [-0.05, 0) is 79.6 Å². The molecule has 1 amide bonds. The van der Waals surface area contributed by atoms with Gasteiger partial charge in [0.1, 0.15) is 0 Å². The Morgan fingerprint density at radius 2 is 1.92 bits per heavy atom. The van der Waals surface area contributed by atoms with Crippen LogP contribution in [0.4, 0.5) is 5.69 Å². The first kappa shape index (κ1) is 15.3. The van der Waals surface area contributed by atoms with E-state index in [4.69, 9.17) is 0 Å². The summed E-state index contributed by atoms with van der Waals surface area (Å²) in [7, 11) is 0. The van der Waals surface area contributed by atoms with Crippen molar-refractivity contribution in [2.45, 2.75) is 26.2 Å². The highest BCUT2D eigenvalue weighted by atomic mass is 16.2. The molecule has 1 aromatic heterocycles. The SMILES string of the molecule is Cc1ccc(-c2ccncc2)cc1NC(=O)C1CC12CCNCC2. The molecule has 1 unspecified atom stereocenters. The van der Waals surface area contributed by atoms with Crippen LogP contribution >= 0.6 is 0 Å².